The first-order chi connectivity index (χ1) is 29.6. The Morgan fingerprint density at radius 3 is 1.62 bits per heavy atom. The van der Waals surface area contributed by atoms with Crippen LogP contribution < -0.4 is 35.5 Å². The highest BCUT2D eigenvalue weighted by Gasteiger charge is 2.28. The summed E-state index contributed by atoms with van der Waals surface area (Å²) in [5.74, 6) is 3.44. The van der Waals surface area contributed by atoms with Crippen molar-refractivity contribution in [1.29, 1.82) is 0 Å². The Morgan fingerprint density at radius 2 is 1.15 bits per heavy atom. The van der Waals surface area contributed by atoms with E-state index in [0.717, 1.165) is 85.6 Å². The van der Waals surface area contributed by atoms with Crippen molar-refractivity contribution in [2.75, 3.05) is 43.9 Å². The number of anilines is 2. The zero-order chi connectivity index (χ0) is 42.5. The van der Waals surface area contributed by atoms with Gasteiger partial charge in [-0.3, -0.25) is 0 Å². The molecular weight excluding hydrogens is 769 g/mol. The van der Waals surface area contributed by atoms with E-state index in [0.29, 0.717) is 41.7 Å². The second-order valence-corrected chi connectivity index (χ2v) is 17.2. The lowest BCUT2D eigenvalue weighted by Crippen LogP contribution is -2.37. The van der Waals surface area contributed by atoms with Gasteiger partial charge < -0.3 is 35.5 Å². The van der Waals surface area contributed by atoms with Crippen LogP contribution in [-0.2, 0) is 0 Å². The van der Waals surface area contributed by atoms with Gasteiger partial charge in [0.05, 0.1) is 31.6 Å². The van der Waals surface area contributed by atoms with E-state index < -0.39 is 0 Å². The van der Waals surface area contributed by atoms with Crippen LogP contribution in [0.1, 0.15) is 138 Å². The maximum Gasteiger partial charge on any atom is 0.322 e. The van der Waals surface area contributed by atoms with Crippen molar-refractivity contribution >= 4 is 23.2 Å². The Morgan fingerprint density at radius 1 is 0.623 bits per heavy atom. The number of rotatable bonds is 14. The minimum atomic E-state index is 0.0184. The Labute approximate surface area is 358 Å². The summed E-state index contributed by atoms with van der Waals surface area (Å²) in [4.78, 5) is 18.9. The molecule has 15 heteroatoms. The largest absolute Gasteiger partial charge is 0.497 e. The minimum absolute atomic E-state index is 0.0184. The first-order valence-corrected chi connectivity index (χ1v) is 22.2. The summed E-state index contributed by atoms with van der Waals surface area (Å²) in [5.41, 5.74) is 7.66. The Kier molecular flexibility index (Phi) is 13.1. The molecule has 3 fully saturated rings. The SMILES string of the molecule is CC(C)c1cnn2c(NC(C)c3ccccc3C3CC3)nc(O[C@@H]3CCCNC3)nc12.COc1ccc(C(C)Nc2nc(O[C@@H]3CCCNC3)nc3c(C(C)C)cnn23)cc1. The minimum Gasteiger partial charge on any atom is -0.497 e. The van der Waals surface area contributed by atoms with E-state index in [1.54, 1.807) is 11.6 Å². The molecule has 2 unspecified atom stereocenters. The number of aromatic nitrogens is 8. The molecular formula is C46H62N12O3. The topological polar surface area (TPSA) is 162 Å². The number of hydrogen-bond acceptors (Lipinski definition) is 13. The van der Waals surface area contributed by atoms with E-state index in [9.17, 15) is 0 Å². The van der Waals surface area contributed by atoms with Crippen molar-refractivity contribution in [3.8, 4) is 17.8 Å². The molecule has 9 rings (SSSR count). The third kappa shape index (κ3) is 9.99. The highest BCUT2D eigenvalue weighted by molar-refractivity contribution is 5.55. The van der Waals surface area contributed by atoms with Crippen LogP contribution in [0, 0.1) is 0 Å². The quantitative estimate of drug-likeness (QED) is 0.0837. The number of benzene rings is 2. The van der Waals surface area contributed by atoms with E-state index in [2.05, 4.69) is 102 Å². The lowest BCUT2D eigenvalue weighted by molar-refractivity contribution is 0.153. The standard InChI is InChI=1S/C24H32N6O.C22H30N6O2/c1-15(2)21-14-26-30-22(21)28-24(31-18-7-6-12-25-13-18)29-23(30)27-16(3)19-8-4-5-9-20(19)17-10-11-17;1-14(2)19-13-24-28-20(19)26-22(30-18-6-5-11-23-12-18)27-21(28)25-15(3)16-7-9-17(29-4)10-8-16/h4-5,8-9,14-18,25H,6-7,10-13H2,1-3H3,(H,27,28,29);7-10,13-15,18,23H,5-6,11-12H2,1-4H3,(H,25,26,27)/t16?,18-;15?,18-/m11/s1. The molecule has 0 radical (unpaired) electrons. The maximum absolute atomic E-state index is 6.20. The van der Waals surface area contributed by atoms with Gasteiger partial charge in [-0.2, -0.15) is 39.2 Å². The van der Waals surface area contributed by atoms with Crippen molar-refractivity contribution in [3.05, 3.63) is 88.7 Å². The molecule has 6 heterocycles. The van der Waals surface area contributed by atoms with Crippen LogP contribution in [-0.4, -0.2) is 84.7 Å². The molecule has 61 heavy (non-hydrogen) atoms. The Hall–Kier alpha value is -5.54. The highest BCUT2D eigenvalue weighted by Crippen LogP contribution is 2.43. The van der Waals surface area contributed by atoms with E-state index in [1.165, 1.54) is 24.0 Å². The maximum atomic E-state index is 6.20. The van der Waals surface area contributed by atoms with Crippen LogP contribution in [0.4, 0.5) is 11.9 Å². The average Bonchev–Trinajstić information content (AvgIpc) is 3.88. The summed E-state index contributed by atoms with van der Waals surface area (Å²) in [5, 5.41) is 23.0. The molecule has 0 amide bonds. The predicted octanol–water partition coefficient (Wildman–Crippen LogP) is 7.99. The fourth-order valence-electron chi connectivity index (χ4n) is 8.11. The van der Waals surface area contributed by atoms with Gasteiger partial charge in [0.1, 0.15) is 18.0 Å². The summed E-state index contributed by atoms with van der Waals surface area (Å²) in [6.07, 6.45) is 10.7. The van der Waals surface area contributed by atoms with Crippen LogP contribution in [0.15, 0.2) is 60.9 Å². The Balaban J connectivity index is 0.000000169. The van der Waals surface area contributed by atoms with Crippen molar-refractivity contribution in [2.45, 2.75) is 122 Å². The summed E-state index contributed by atoms with van der Waals surface area (Å²) in [6, 6.07) is 17.7. The molecule has 2 aliphatic heterocycles. The van der Waals surface area contributed by atoms with Gasteiger partial charge in [0.2, 0.25) is 11.9 Å². The first-order valence-electron chi connectivity index (χ1n) is 22.2. The zero-order valence-electron chi connectivity index (χ0n) is 36.7. The van der Waals surface area contributed by atoms with Crippen molar-refractivity contribution in [3.63, 3.8) is 0 Å². The van der Waals surface area contributed by atoms with Gasteiger partial charge in [-0.1, -0.05) is 64.1 Å². The van der Waals surface area contributed by atoms with Gasteiger partial charge in [0.25, 0.3) is 0 Å². The molecule has 0 bridgehead atoms. The van der Waals surface area contributed by atoms with Crippen molar-refractivity contribution < 1.29 is 14.2 Å². The second kappa shape index (κ2) is 19.0. The number of methoxy groups -OCH3 is 1. The van der Waals surface area contributed by atoms with Crippen LogP contribution in [0.5, 0.6) is 17.8 Å². The lowest BCUT2D eigenvalue weighted by Gasteiger charge is -2.23. The third-order valence-corrected chi connectivity index (χ3v) is 11.8. The van der Waals surface area contributed by atoms with Gasteiger partial charge in [-0.25, -0.2) is 0 Å². The fourth-order valence-corrected chi connectivity index (χ4v) is 8.11. The number of fused-ring (bicyclic) bond motifs is 2. The summed E-state index contributed by atoms with van der Waals surface area (Å²) in [6.45, 7) is 16.6. The first kappa shape index (κ1) is 42.2. The van der Waals surface area contributed by atoms with Crippen LogP contribution in [0.2, 0.25) is 0 Å². The van der Waals surface area contributed by atoms with E-state index in [4.69, 9.17) is 29.2 Å². The van der Waals surface area contributed by atoms with Crippen molar-refractivity contribution in [2.24, 2.45) is 0 Å². The predicted molar refractivity (Wildman–Crippen MR) is 238 cm³/mol. The summed E-state index contributed by atoms with van der Waals surface area (Å²) in [7, 11) is 1.67. The van der Waals surface area contributed by atoms with E-state index >= 15 is 0 Å². The number of hydrogen-bond donors (Lipinski definition) is 4. The smallest absolute Gasteiger partial charge is 0.322 e. The van der Waals surface area contributed by atoms with Gasteiger partial charge in [0, 0.05) is 24.2 Å². The van der Waals surface area contributed by atoms with Crippen LogP contribution in [0.25, 0.3) is 11.3 Å². The van der Waals surface area contributed by atoms with Gasteiger partial charge >= 0.3 is 12.0 Å². The zero-order valence-corrected chi connectivity index (χ0v) is 36.7. The number of nitrogens with zero attached hydrogens (tertiary/aromatic N) is 8. The molecule has 1 aliphatic carbocycles. The molecule has 1 saturated carbocycles. The molecule has 4 N–H and O–H groups in total. The lowest BCUT2D eigenvalue weighted by atomic mass is 9.98. The summed E-state index contributed by atoms with van der Waals surface area (Å²) >= 11 is 0. The normalized spacial score (nSPS) is 19.0. The summed E-state index contributed by atoms with van der Waals surface area (Å²) < 4.78 is 21.2. The number of nitrogens with one attached hydrogen (secondary N) is 4. The van der Waals surface area contributed by atoms with Crippen LogP contribution >= 0.6 is 0 Å². The molecule has 0 spiro atoms. The molecule has 6 aromatic rings. The monoisotopic (exact) mass is 831 g/mol. The fraction of sp³-hybridized carbons (Fsp3) is 0.522. The average molecular weight is 831 g/mol. The van der Waals surface area contributed by atoms with Crippen molar-refractivity contribution in [1.82, 2.24) is 49.8 Å². The second-order valence-electron chi connectivity index (χ2n) is 17.2. The molecule has 2 saturated heterocycles. The van der Waals surface area contributed by atoms with Gasteiger partial charge in [0.15, 0.2) is 11.3 Å². The molecule has 324 valence electrons. The molecule has 3 aliphatic rings. The highest BCUT2D eigenvalue weighted by atomic mass is 16.5. The van der Waals surface area contributed by atoms with Gasteiger partial charge in [-0.05, 0) is 112 Å². The Bertz CT molecular complexity index is 2360. The molecule has 2 aromatic carbocycles. The molecule has 4 aromatic heterocycles. The number of piperidine rings is 2. The van der Waals surface area contributed by atoms with E-state index in [-0.39, 0.29) is 24.3 Å². The van der Waals surface area contributed by atoms with E-state index in [1.807, 2.05) is 41.2 Å². The number of ether oxygens (including phenoxy) is 3. The van der Waals surface area contributed by atoms with Crippen LogP contribution in [0.3, 0.4) is 0 Å². The third-order valence-electron chi connectivity index (χ3n) is 11.8. The molecule has 4 atom stereocenters. The molecule has 15 nitrogen and oxygen atoms in total. The van der Waals surface area contributed by atoms with Gasteiger partial charge in [-0.15, -0.1) is 0 Å².